The molecule has 0 unspecified atom stereocenters. The molecule has 2 fully saturated rings. The third kappa shape index (κ3) is 0.454. The third-order valence-electron chi connectivity index (χ3n) is 4.30. The smallest absolute Gasteiger partial charge is 0.187 e. The van der Waals surface area contributed by atoms with Gasteiger partial charge in [-0.2, -0.15) is 0 Å². The van der Waals surface area contributed by atoms with Crippen molar-refractivity contribution in [1.29, 1.82) is 0 Å². The van der Waals surface area contributed by atoms with Crippen LogP contribution in [-0.4, -0.2) is 10.4 Å². The maximum Gasteiger partial charge on any atom is 0.187 e. The number of nitrogens with zero attached hydrogens (tertiary/aromatic N) is 1. The molecule has 1 aromatic heterocycles. The van der Waals surface area contributed by atoms with Gasteiger partial charge in [0.25, 0.3) is 0 Å². The van der Waals surface area contributed by atoms with Crippen molar-refractivity contribution >= 4 is 5.78 Å². The molecule has 2 aliphatic carbocycles. The fourth-order valence-electron chi connectivity index (χ4n) is 3.79. The van der Waals surface area contributed by atoms with Gasteiger partial charge in [-0.05, 0) is 30.9 Å². The number of carbonyl (C=O) groups excluding carboxylic acids is 1. The molecule has 66 valence electrons. The lowest BCUT2D eigenvalue weighted by atomic mass is 9.97. The number of carbonyl (C=O) groups is 1. The molecule has 2 heteroatoms. The van der Waals surface area contributed by atoms with Crippen LogP contribution in [0.2, 0.25) is 0 Å². The molecule has 4 rings (SSSR count). The van der Waals surface area contributed by atoms with Gasteiger partial charge in [0, 0.05) is 6.20 Å². The van der Waals surface area contributed by atoms with Crippen LogP contribution in [0.5, 0.6) is 0 Å². The van der Waals surface area contributed by atoms with Gasteiger partial charge in [0.15, 0.2) is 5.78 Å². The van der Waals surface area contributed by atoms with Crippen LogP contribution in [0.15, 0.2) is 18.3 Å². The predicted molar refractivity (Wildman–Crippen MR) is 47.6 cm³/mol. The summed E-state index contributed by atoms with van der Waals surface area (Å²) in [6, 6.07) is 4.52. The highest BCUT2D eigenvalue weighted by atomic mass is 16.1. The summed E-state index contributed by atoms with van der Waals surface area (Å²) in [5.41, 5.74) is 1.06. The molecular weight excluding hydrogens is 162 g/mol. The van der Waals surface area contributed by atoms with Crippen molar-refractivity contribution in [2.75, 3.05) is 0 Å². The monoisotopic (exact) mass is 173 g/mol. The summed E-state index contributed by atoms with van der Waals surface area (Å²) in [6.45, 7) is 0. The number of rotatable bonds is 0. The molecule has 2 saturated carbocycles. The van der Waals surface area contributed by atoms with Crippen LogP contribution in [0.4, 0.5) is 0 Å². The lowest BCUT2D eigenvalue weighted by molar-refractivity contribution is 0.0902. The van der Waals surface area contributed by atoms with E-state index in [2.05, 4.69) is 10.8 Å². The second kappa shape index (κ2) is 1.61. The molecule has 1 aromatic rings. The topological polar surface area (TPSA) is 22.0 Å². The zero-order chi connectivity index (χ0) is 8.63. The Kier molecular flexibility index (Phi) is 0.794. The van der Waals surface area contributed by atoms with Gasteiger partial charge >= 0.3 is 0 Å². The Morgan fingerprint density at radius 1 is 1.54 bits per heavy atom. The lowest BCUT2D eigenvalue weighted by Gasteiger charge is -2.02. The van der Waals surface area contributed by atoms with Crippen LogP contribution in [0.1, 0.15) is 35.8 Å². The second-order valence-electron chi connectivity index (χ2n) is 4.61. The molecule has 2 nitrogen and oxygen atoms in total. The summed E-state index contributed by atoms with van der Waals surface area (Å²) in [5.74, 6) is 1.13. The Labute approximate surface area is 76.5 Å². The molecule has 0 bridgehead atoms. The first-order chi connectivity index (χ1) is 6.36. The van der Waals surface area contributed by atoms with Crippen LogP contribution in [0, 0.1) is 11.3 Å². The molecule has 0 aromatic carbocycles. The summed E-state index contributed by atoms with van der Waals surface area (Å²) in [4.78, 5) is 12.1. The number of hydrogen-bond donors (Lipinski definition) is 0. The van der Waals surface area contributed by atoms with E-state index in [1.807, 2.05) is 12.1 Å². The maximum atomic E-state index is 12.1. The Bertz CT molecular complexity index is 419. The second-order valence-corrected chi connectivity index (χ2v) is 4.61. The van der Waals surface area contributed by atoms with Crippen LogP contribution < -0.4 is 0 Å². The summed E-state index contributed by atoms with van der Waals surface area (Å²) in [5, 5.41) is 0. The fourth-order valence-corrected chi connectivity index (χ4v) is 3.79. The molecule has 0 N–H and O–H groups in total. The Morgan fingerprint density at radius 3 is 3.38 bits per heavy atom. The number of Topliss-reactive ketones (excluding diaryl/α,β-unsaturated/α-hetero) is 1. The van der Waals surface area contributed by atoms with E-state index in [0.717, 1.165) is 12.1 Å². The Morgan fingerprint density at radius 2 is 2.46 bits per heavy atom. The number of hydrogen-bond acceptors (Lipinski definition) is 1. The summed E-state index contributed by atoms with van der Waals surface area (Å²) in [6.07, 6.45) is 5.75. The van der Waals surface area contributed by atoms with Gasteiger partial charge in [-0.25, -0.2) is 0 Å². The van der Waals surface area contributed by atoms with Gasteiger partial charge in [0.05, 0.1) is 17.2 Å². The molecule has 1 aliphatic heterocycles. The van der Waals surface area contributed by atoms with Gasteiger partial charge in [-0.3, -0.25) is 4.79 Å². The average Bonchev–Trinajstić information content (AvgIpc) is 2.64. The van der Waals surface area contributed by atoms with E-state index in [9.17, 15) is 4.79 Å². The Hall–Kier alpha value is -1.05. The number of fused-ring (bicyclic) bond motifs is 3. The Balaban J connectivity index is 1.98. The van der Waals surface area contributed by atoms with E-state index in [1.165, 1.54) is 12.8 Å². The zero-order valence-electron chi connectivity index (χ0n) is 7.36. The van der Waals surface area contributed by atoms with Crippen molar-refractivity contribution < 1.29 is 4.79 Å². The van der Waals surface area contributed by atoms with E-state index in [4.69, 9.17) is 0 Å². The standard InChI is InChI=1S/C11H11NO/c13-10-8-4-2-6-12(8)9-7-3-1-5-11(7,9)10/h2,4,6-7,9H,1,3,5H2/t7-,9+,11+/m0/s1. The number of ketones is 1. The minimum absolute atomic E-state index is 0.0938. The minimum atomic E-state index is 0.0938. The van der Waals surface area contributed by atoms with Crippen molar-refractivity contribution in [2.24, 2.45) is 11.3 Å². The van der Waals surface area contributed by atoms with Crippen molar-refractivity contribution in [2.45, 2.75) is 25.3 Å². The van der Waals surface area contributed by atoms with Crippen molar-refractivity contribution in [1.82, 2.24) is 4.57 Å². The van der Waals surface area contributed by atoms with Crippen LogP contribution >= 0.6 is 0 Å². The van der Waals surface area contributed by atoms with Crippen molar-refractivity contribution in [3.8, 4) is 0 Å². The van der Waals surface area contributed by atoms with Crippen LogP contribution in [0.3, 0.4) is 0 Å². The van der Waals surface area contributed by atoms with E-state index >= 15 is 0 Å². The highest BCUT2D eigenvalue weighted by Gasteiger charge is 2.75. The van der Waals surface area contributed by atoms with E-state index < -0.39 is 0 Å². The van der Waals surface area contributed by atoms with Gasteiger partial charge in [-0.1, -0.05) is 6.42 Å². The van der Waals surface area contributed by atoms with E-state index in [-0.39, 0.29) is 5.41 Å². The fraction of sp³-hybridized carbons (Fsp3) is 0.545. The molecule has 0 saturated heterocycles. The lowest BCUT2D eigenvalue weighted by Crippen LogP contribution is -2.12. The molecule has 13 heavy (non-hydrogen) atoms. The summed E-state index contributed by atoms with van der Waals surface area (Å²) >= 11 is 0. The number of aromatic nitrogens is 1. The molecule has 1 spiro atoms. The predicted octanol–water partition coefficient (Wildman–Crippen LogP) is 2.03. The SMILES string of the molecule is O=C1c2cccn2[C@@H]2[C@@H]3CCC[C@@]132. The third-order valence-corrected chi connectivity index (χ3v) is 4.30. The molecule has 0 radical (unpaired) electrons. The van der Waals surface area contributed by atoms with Gasteiger partial charge in [0.1, 0.15) is 0 Å². The van der Waals surface area contributed by atoms with E-state index in [0.29, 0.717) is 17.7 Å². The first-order valence-corrected chi connectivity index (χ1v) is 5.07. The molecule has 2 heterocycles. The first-order valence-electron chi connectivity index (χ1n) is 5.07. The van der Waals surface area contributed by atoms with Crippen LogP contribution in [0.25, 0.3) is 0 Å². The maximum absolute atomic E-state index is 12.1. The molecule has 3 atom stereocenters. The highest BCUT2D eigenvalue weighted by molar-refractivity contribution is 6.05. The van der Waals surface area contributed by atoms with Crippen molar-refractivity contribution in [3.63, 3.8) is 0 Å². The first kappa shape index (κ1) is 6.41. The van der Waals surface area contributed by atoms with Gasteiger partial charge in [0.2, 0.25) is 0 Å². The molecular formula is C11H11NO. The zero-order valence-corrected chi connectivity index (χ0v) is 7.36. The average molecular weight is 173 g/mol. The minimum Gasteiger partial charge on any atom is -0.341 e. The normalized spacial score (nSPS) is 44.5. The summed E-state index contributed by atoms with van der Waals surface area (Å²) in [7, 11) is 0. The van der Waals surface area contributed by atoms with Crippen molar-refractivity contribution in [3.05, 3.63) is 24.0 Å². The molecule has 3 aliphatic rings. The quantitative estimate of drug-likeness (QED) is 0.588. The highest BCUT2D eigenvalue weighted by Crippen LogP contribution is 2.75. The van der Waals surface area contributed by atoms with E-state index in [1.54, 1.807) is 0 Å². The van der Waals surface area contributed by atoms with Gasteiger partial charge in [-0.15, -0.1) is 0 Å². The van der Waals surface area contributed by atoms with Crippen LogP contribution in [-0.2, 0) is 0 Å². The van der Waals surface area contributed by atoms with Gasteiger partial charge < -0.3 is 4.57 Å². The summed E-state index contributed by atoms with van der Waals surface area (Å²) < 4.78 is 2.21. The largest absolute Gasteiger partial charge is 0.341 e. The molecule has 0 amide bonds.